The number of nitrogens with one attached hydrogen (secondary N) is 1. The number of nitrogens with zero attached hydrogens (tertiary/aromatic N) is 1. The van der Waals surface area contributed by atoms with Gasteiger partial charge in [-0.1, -0.05) is 23.8 Å². The van der Waals surface area contributed by atoms with Crippen LogP contribution >= 0.6 is 0 Å². The van der Waals surface area contributed by atoms with E-state index in [2.05, 4.69) is 11.9 Å². The average Bonchev–Trinajstić information content (AvgIpc) is 2.65. The molecular formula is C19H26N2O5S. The minimum atomic E-state index is -3.58. The Morgan fingerprint density at radius 2 is 1.89 bits per heavy atom. The maximum Gasteiger partial charge on any atom is 0.326 e. The third kappa shape index (κ3) is 5.40. The second-order valence-corrected chi connectivity index (χ2v) is 8.69. The highest BCUT2D eigenvalue weighted by molar-refractivity contribution is 7.89. The van der Waals surface area contributed by atoms with E-state index < -0.39 is 22.0 Å². The molecule has 8 heteroatoms. The largest absolute Gasteiger partial charge is 0.480 e. The smallest absolute Gasteiger partial charge is 0.326 e. The second kappa shape index (κ2) is 9.14. The molecule has 148 valence electrons. The zero-order valence-electron chi connectivity index (χ0n) is 15.4. The number of rotatable bonds is 8. The van der Waals surface area contributed by atoms with Crippen LogP contribution in [0.25, 0.3) is 0 Å². The van der Waals surface area contributed by atoms with Crippen LogP contribution in [0, 0.1) is 12.8 Å². The van der Waals surface area contributed by atoms with Crippen LogP contribution in [-0.2, 0) is 19.6 Å². The van der Waals surface area contributed by atoms with Crippen molar-refractivity contribution < 1.29 is 23.1 Å². The number of hydrogen-bond donors (Lipinski definition) is 2. The number of hydrogen-bond acceptors (Lipinski definition) is 4. The van der Waals surface area contributed by atoms with Gasteiger partial charge in [-0.3, -0.25) is 4.79 Å². The highest BCUT2D eigenvalue weighted by Gasteiger charge is 2.33. The molecule has 1 aromatic rings. The number of aliphatic carboxylic acids is 1. The molecule has 1 unspecified atom stereocenters. The van der Waals surface area contributed by atoms with Crippen LogP contribution in [0.1, 0.15) is 31.2 Å². The predicted molar refractivity (Wildman–Crippen MR) is 102 cm³/mol. The number of benzene rings is 1. The van der Waals surface area contributed by atoms with Gasteiger partial charge in [-0.2, -0.15) is 4.31 Å². The number of piperidine rings is 1. The summed E-state index contributed by atoms with van der Waals surface area (Å²) in [5, 5.41) is 11.8. The molecule has 27 heavy (non-hydrogen) atoms. The van der Waals surface area contributed by atoms with E-state index in [1.807, 2.05) is 6.92 Å². The Hall–Kier alpha value is -2.19. The van der Waals surface area contributed by atoms with Gasteiger partial charge in [0.2, 0.25) is 15.9 Å². The number of amides is 1. The van der Waals surface area contributed by atoms with Crippen LogP contribution in [-0.4, -0.2) is 48.8 Å². The first-order valence-corrected chi connectivity index (χ1v) is 10.4. The van der Waals surface area contributed by atoms with Gasteiger partial charge in [0.15, 0.2) is 0 Å². The van der Waals surface area contributed by atoms with Crippen LogP contribution in [0.3, 0.4) is 0 Å². The van der Waals surface area contributed by atoms with Crippen molar-refractivity contribution in [3.63, 3.8) is 0 Å². The molecule has 1 heterocycles. The van der Waals surface area contributed by atoms with E-state index in [0.717, 1.165) is 5.56 Å². The summed E-state index contributed by atoms with van der Waals surface area (Å²) in [7, 11) is -3.58. The van der Waals surface area contributed by atoms with Crippen molar-refractivity contribution in [2.24, 2.45) is 5.92 Å². The number of sulfonamides is 1. The lowest BCUT2D eigenvalue weighted by Gasteiger charge is -2.31. The van der Waals surface area contributed by atoms with Crippen molar-refractivity contribution in [3.05, 3.63) is 42.5 Å². The number of carboxylic acid groups (broad SMARTS) is 1. The Labute approximate surface area is 160 Å². The second-order valence-electron chi connectivity index (χ2n) is 6.76. The van der Waals surface area contributed by atoms with Crippen molar-refractivity contribution >= 4 is 21.9 Å². The summed E-state index contributed by atoms with van der Waals surface area (Å²) in [6.07, 6.45) is 3.11. The number of carboxylic acids is 1. The van der Waals surface area contributed by atoms with E-state index in [1.165, 1.54) is 4.31 Å². The molecule has 0 aliphatic carbocycles. The van der Waals surface area contributed by atoms with E-state index in [0.29, 0.717) is 19.3 Å². The molecule has 1 saturated heterocycles. The molecule has 0 aromatic heterocycles. The van der Waals surface area contributed by atoms with Gasteiger partial charge in [0, 0.05) is 19.0 Å². The Morgan fingerprint density at radius 3 is 2.41 bits per heavy atom. The van der Waals surface area contributed by atoms with Crippen molar-refractivity contribution in [2.45, 2.75) is 43.5 Å². The fourth-order valence-electron chi connectivity index (χ4n) is 3.05. The molecule has 1 fully saturated rings. The fraction of sp³-hybridized carbons (Fsp3) is 0.474. The summed E-state index contributed by atoms with van der Waals surface area (Å²) < 4.78 is 26.8. The maximum absolute atomic E-state index is 12.7. The maximum atomic E-state index is 12.7. The number of allylic oxidation sites excluding steroid dienone is 1. The zero-order chi connectivity index (χ0) is 20.0. The number of carbonyl (C=O) groups is 2. The first-order valence-electron chi connectivity index (χ1n) is 8.96. The third-order valence-corrected chi connectivity index (χ3v) is 6.67. The van der Waals surface area contributed by atoms with E-state index in [9.17, 15) is 23.1 Å². The van der Waals surface area contributed by atoms with Gasteiger partial charge in [-0.05, 0) is 44.7 Å². The fourth-order valence-corrected chi connectivity index (χ4v) is 4.52. The number of aryl methyl sites for hydroxylation is 1. The van der Waals surface area contributed by atoms with Crippen LogP contribution < -0.4 is 5.32 Å². The Morgan fingerprint density at radius 1 is 1.30 bits per heavy atom. The molecule has 1 aliphatic heterocycles. The monoisotopic (exact) mass is 394 g/mol. The van der Waals surface area contributed by atoms with Gasteiger partial charge in [-0.15, -0.1) is 6.58 Å². The molecule has 7 nitrogen and oxygen atoms in total. The van der Waals surface area contributed by atoms with Gasteiger partial charge < -0.3 is 10.4 Å². The summed E-state index contributed by atoms with van der Waals surface area (Å²) in [4.78, 5) is 23.9. The van der Waals surface area contributed by atoms with Gasteiger partial charge >= 0.3 is 5.97 Å². The molecule has 1 aromatic carbocycles. The molecule has 0 spiro atoms. The van der Waals surface area contributed by atoms with E-state index in [1.54, 1.807) is 30.3 Å². The summed E-state index contributed by atoms with van der Waals surface area (Å²) in [5.74, 6) is -1.80. The zero-order valence-corrected chi connectivity index (χ0v) is 16.2. The van der Waals surface area contributed by atoms with Crippen LogP contribution in [0.15, 0.2) is 41.8 Å². The molecule has 0 bridgehead atoms. The molecule has 2 N–H and O–H groups in total. The lowest BCUT2D eigenvalue weighted by molar-refractivity contribution is -0.142. The van der Waals surface area contributed by atoms with Gasteiger partial charge in [0.25, 0.3) is 0 Å². The van der Waals surface area contributed by atoms with Crippen LogP contribution in [0.5, 0.6) is 0 Å². The quantitative estimate of drug-likeness (QED) is 0.656. The SMILES string of the molecule is C=CCCC(NC(=O)C1CCN(S(=O)(=O)c2ccc(C)cc2)CC1)C(=O)O. The topological polar surface area (TPSA) is 104 Å². The standard InChI is InChI=1S/C19H26N2O5S/c1-3-4-5-17(19(23)24)20-18(22)15-10-12-21(13-11-15)27(25,26)16-8-6-14(2)7-9-16/h3,6-9,15,17H,1,4-5,10-13H2,2H3,(H,20,22)(H,23,24). The number of carbonyl (C=O) groups excluding carboxylic acids is 1. The van der Waals surface area contributed by atoms with Crippen molar-refractivity contribution in [3.8, 4) is 0 Å². The van der Waals surface area contributed by atoms with Gasteiger partial charge in [0.1, 0.15) is 6.04 Å². The van der Waals surface area contributed by atoms with Gasteiger partial charge in [-0.25, -0.2) is 13.2 Å². The van der Waals surface area contributed by atoms with Crippen molar-refractivity contribution in [1.82, 2.24) is 9.62 Å². The van der Waals surface area contributed by atoms with E-state index in [-0.39, 0.29) is 36.2 Å². The molecule has 0 saturated carbocycles. The Balaban J connectivity index is 1.95. The molecule has 1 amide bonds. The van der Waals surface area contributed by atoms with Crippen molar-refractivity contribution in [1.29, 1.82) is 0 Å². The third-order valence-electron chi connectivity index (χ3n) is 4.76. The van der Waals surface area contributed by atoms with Gasteiger partial charge in [0.05, 0.1) is 4.90 Å². The molecule has 1 atom stereocenters. The van der Waals surface area contributed by atoms with Crippen LogP contribution in [0.4, 0.5) is 0 Å². The lowest BCUT2D eigenvalue weighted by Crippen LogP contribution is -2.47. The normalized spacial score (nSPS) is 17.2. The minimum Gasteiger partial charge on any atom is -0.480 e. The first kappa shape index (κ1) is 21.1. The van der Waals surface area contributed by atoms with Crippen molar-refractivity contribution in [2.75, 3.05) is 13.1 Å². The molecule has 1 aliphatic rings. The summed E-state index contributed by atoms with van der Waals surface area (Å²) in [6, 6.07) is 5.72. The molecule has 2 rings (SSSR count). The summed E-state index contributed by atoms with van der Waals surface area (Å²) in [5.41, 5.74) is 0.980. The van der Waals surface area contributed by atoms with E-state index in [4.69, 9.17) is 0 Å². The summed E-state index contributed by atoms with van der Waals surface area (Å²) >= 11 is 0. The predicted octanol–water partition coefficient (Wildman–Crippen LogP) is 1.93. The first-order chi connectivity index (χ1) is 12.8. The lowest BCUT2D eigenvalue weighted by atomic mass is 9.96. The van der Waals surface area contributed by atoms with Crippen LogP contribution in [0.2, 0.25) is 0 Å². The van der Waals surface area contributed by atoms with E-state index >= 15 is 0 Å². The average molecular weight is 394 g/mol. The highest BCUT2D eigenvalue weighted by Crippen LogP contribution is 2.24. The Kier molecular flexibility index (Phi) is 7.15. The summed E-state index contributed by atoms with van der Waals surface area (Å²) in [6.45, 7) is 5.91. The highest BCUT2D eigenvalue weighted by atomic mass is 32.2. The molecule has 0 radical (unpaired) electrons. The molecular weight excluding hydrogens is 368 g/mol. The minimum absolute atomic E-state index is 0.235. The Bertz CT molecular complexity index is 781.